The van der Waals surface area contributed by atoms with Crippen molar-refractivity contribution < 1.29 is 0 Å². The van der Waals surface area contributed by atoms with E-state index in [1.807, 2.05) is 0 Å². The maximum absolute atomic E-state index is 3.72. The lowest BCUT2D eigenvalue weighted by molar-refractivity contribution is 0.345. The van der Waals surface area contributed by atoms with Gasteiger partial charge < -0.3 is 5.32 Å². The normalized spacial score (nSPS) is 20.8. The minimum Gasteiger partial charge on any atom is -0.314 e. The topological polar surface area (TPSA) is 12.0 Å². The van der Waals surface area contributed by atoms with Crippen LogP contribution in [0.5, 0.6) is 0 Å². The van der Waals surface area contributed by atoms with Crippen LogP contribution in [0.2, 0.25) is 0 Å². The summed E-state index contributed by atoms with van der Waals surface area (Å²) in [6.45, 7) is 8.17. The summed E-state index contributed by atoms with van der Waals surface area (Å²) in [4.78, 5) is 0. The molecule has 84 valence electrons. The minimum atomic E-state index is 0.484. The molecule has 0 aromatic carbocycles. The minimum absolute atomic E-state index is 0.484. The van der Waals surface area contributed by atoms with E-state index in [2.05, 4.69) is 26.1 Å². The van der Waals surface area contributed by atoms with Gasteiger partial charge in [-0.2, -0.15) is 0 Å². The highest BCUT2D eigenvalue weighted by molar-refractivity contribution is 4.72. The van der Waals surface area contributed by atoms with Crippen molar-refractivity contribution in [2.24, 2.45) is 5.41 Å². The monoisotopic (exact) mass is 197 g/mol. The van der Waals surface area contributed by atoms with Crippen molar-refractivity contribution in [2.75, 3.05) is 6.54 Å². The van der Waals surface area contributed by atoms with Gasteiger partial charge in [0, 0.05) is 6.04 Å². The third-order valence-corrected chi connectivity index (χ3v) is 3.16. The molecule has 1 rings (SSSR count). The van der Waals surface area contributed by atoms with Crippen molar-refractivity contribution in [3.63, 3.8) is 0 Å². The third-order valence-electron chi connectivity index (χ3n) is 3.16. The maximum Gasteiger partial charge on any atom is 0.00670 e. The summed E-state index contributed by atoms with van der Waals surface area (Å²) < 4.78 is 0. The van der Waals surface area contributed by atoms with Gasteiger partial charge in [-0.3, -0.25) is 0 Å². The molecule has 0 saturated heterocycles. The molecule has 14 heavy (non-hydrogen) atoms. The van der Waals surface area contributed by atoms with Crippen molar-refractivity contribution in [2.45, 2.75) is 71.8 Å². The van der Waals surface area contributed by atoms with Crippen LogP contribution in [0.1, 0.15) is 65.7 Å². The first-order valence-corrected chi connectivity index (χ1v) is 6.31. The zero-order chi connectivity index (χ0) is 10.4. The number of rotatable bonds is 3. The molecule has 0 aromatic rings. The maximum atomic E-state index is 3.72. The fraction of sp³-hybridized carbons (Fsp3) is 1.00. The fourth-order valence-corrected chi connectivity index (χ4v) is 2.13. The van der Waals surface area contributed by atoms with E-state index < -0.39 is 0 Å². The molecule has 0 heterocycles. The molecule has 1 heteroatoms. The quantitative estimate of drug-likeness (QED) is 0.680. The standard InChI is InChI=1S/C13H27N/c1-13(2,3)10-11-14-12-8-6-4-5-7-9-12/h12,14H,4-11H2,1-3H3. The van der Waals surface area contributed by atoms with Gasteiger partial charge in [0.05, 0.1) is 0 Å². The van der Waals surface area contributed by atoms with Crippen LogP contribution in [0.3, 0.4) is 0 Å². The molecule has 0 aromatic heterocycles. The fourth-order valence-electron chi connectivity index (χ4n) is 2.13. The van der Waals surface area contributed by atoms with Crippen molar-refractivity contribution in [3.05, 3.63) is 0 Å². The van der Waals surface area contributed by atoms with E-state index in [1.54, 1.807) is 0 Å². The first-order chi connectivity index (χ1) is 6.58. The number of hydrogen-bond donors (Lipinski definition) is 1. The van der Waals surface area contributed by atoms with Crippen LogP contribution in [-0.2, 0) is 0 Å². The molecule has 1 N–H and O–H groups in total. The van der Waals surface area contributed by atoms with Gasteiger partial charge in [-0.05, 0) is 31.2 Å². The average Bonchev–Trinajstić information content (AvgIpc) is 2.30. The van der Waals surface area contributed by atoms with Gasteiger partial charge in [-0.15, -0.1) is 0 Å². The van der Waals surface area contributed by atoms with Gasteiger partial charge >= 0.3 is 0 Å². The Morgan fingerprint density at radius 2 is 1.57 bits per heavy atom. The highest BCUT2D eigenvalue weighted by Gasteiger charge is 2.13. The van der Waals surface area contributed by atoms with Crippen LogP contribution in [0.15, 0.2) is 0 Å². The largest absolute Gasteiger partial charge is 0.314 e. The van der Waals surface area contributed by atoms with Crippen LogP contribution in [0.4, 0.5) is 0 Å². The number of nitrogens with one attached hydrogen (secondary N) is 1. The van der Waals surface area contributed by atoms with Gasteiger partial charge in [0.1, 0.15) is 0 Å². The molecule has 0 spiro atoms. The van der Waals surface area contributed by atoms with Crippen molar-refractivity contribution in [1.82, 2.24) is 5.32 Å². The van der Waals surface area contributed by atoms with E-state index in [-0.39, 0.29) is 0 Å². The smallest absolute Gasteiger partial charge is 0.00670 e. The van der Waals surface area contributed by atoms with Crippen molar-refractivity contribution in [3.8, 4) is 0 Å². The Morgan fingerprint density at radius 3 is 2.07 bits per heavy atom. The molecule has 1 nitrogen and oxygen atoms in total. The average molecular weight is 197 g/mol. The molecule has 0 atom stereocenters. The lowest BCUT2D eigenvalue weighted by Gasteiger charge is -2.21. The predicted molar refractivity (Wildman–Crippen MR) is 63.6 cm³/mol. The van der Waals surface area contributed by atoms with E-state index in [1.165, 1.54) is 51.5 Å². The molecule has 1 saturated carbocycles. The Kier molecular flexibility index (Phi) is 4.94. The summed E-state index contributed by atoms with van der Waals surface area (Å²) in [5, 5.41) is 3.72. The molecule has 0 unspecified atom stereocenters. The van der Waals surface area contributed by atoms with Crippen LogP contribution in [0.25, 0.3) is 0 Å². The molecular weight excluding hydrogens is 170 g/mol. The summed E-state index contributed by atoms with van der Waals surface area (Å²) in [6, 6.07) is 0.819. The Morgan fingerprint density at radius 1 is 1.00 bits per heavy atom. The van der Waals surface area contributed by atoms with E-state index in [4.69, 9.17) is 0 Å². The Bertz CT molecular complexity index is 138. The van der Waals surface area contributed by atoms with Crippen LogP contribution >= 0.6 is 0 Å². The van der Waals surface area contributed by atoms with Gasteiger partial charge in [0.25, 0.3) is 0 Å². The summed E-state index contributed by atoms with van der Waals surface area (Å²) in [6.07, 6.45) is 9.90. The Labute approximate surface area is 89.7 Å². The SMILES string of the molecule is CC(C)(C)CCNC1CCCCCC1. The van der Waals surface area contributed by atoms with E-state index in [0.717, 1.165) is 6.04 Å². The lowest BCUT2D eigenvalue weighted by Crippen LogP contribution is -2.31. The molecular formula is C13H27N. The third kappa shape index (κ3) is 5.64. The summed E-state index contributed by atoms with van der Waals surface area (Å²) in [5.74, 6) is 0. The second kappa shape index (κ2) is 5.75. The zero-order valence-electron chi connectivity index (χ0n) is 10.2. The second-order valence-corrected chi connectivity index (χ2v) is 5.95. The molecule has 0 aliphatic heterocycles. The molecule has 1 aliphatic carbocycles. The summed E-state index contributed by atoms with van der Waals surface area (Å²) in [7, 11) is 0. The lowest BCUT2D eigenvalue weighted by atomic mass is 9.92. The van der Waals surface area contributed by atoms with E-state index in [9.17, 15) is 0 Å². The Balaban J connectivity index is 2.10. The van der Waals surface area contributed by atoms with E-state index in [0.29, 0.717) is 5.41 Å². The van der Waals surface area contributed by atoms with Gasteiger partial charge in [-0.1, -0.05) is 46.5 Å². The van der Waals surface area contributed by atoms with Gasteiger partial charge in [-0.25, -0.2) is 0 Å². The second-order valence-electron chi connectivity index (χ2n) is 5.95. The predicted octanol–water partition coefficient (Wildman–Crippen LogP) is 3.74. The van der Waals surface area contributed by atoms with Crippen molar-refractivity contribution in [1.29, 1.82) is 0 Å². The van der Waals surface area contributed by atoms with Gasteiger partial charge in [0.2, 0.25) is 0 Å². The molecule has 0 amide bonds. The first kappa shape index (κ1) is 12.0. The molecule has 1 aliphatic rings. The summed E-state index contributed by atoms with van der Waals surface area (Å²) in [5.41, 5.74) is 0.484. The van der Waals surface area contributed by atoms with Crippen LogP contribution in [0, 0.1) is 5.41 Å². The van der Waals surface area contributed by atoms with Gasteiger partial charge in [0.15, 0.2) is 0 Å². The highest BCUT2D eigenvalue weighted by Crippen LogP contribution is 2.19. The Hall–Kier alpha value is -0.0400. The highest BCUT2D eigenvalue weighted by atomic mass is 14.9. The first-order valence-electron chi connectivity index (χ1n) is 6.31. The van der Waals surface area contributed by atoms with Crippen LogP contribution < -0.4 is 5.32 Å². The zero-order valence-corrected chi connectivity index (χ0v) is 10.2. The van der Waals surface area contributed by atoms with Crippen molar-refractivity contribution >= 4 is 0 Å². The molecule has 0 bridgehead atoms. The van der Waals surface area contributed by atoms with E-state index >= 15 is 0 Å². The molecule has 0 radical (unpaired) electrons. The molecule has 1 fully saturated rings. The number of hydrogen-bond acceptors (Lipinski definition) is 1. The summed E-state index contributed by atoms with van der Waals surface area (Å²) >= 11 is 0. The van der Waals surface area contributed by atoms with Crippen LogP contribution in [-0.4, -0.2) is 12.6 Å².